The van der Waals surface area contributed by atoms with Crippen LogP contribution < -0.4 is 0 Å². The Labute approximate surface area is 135 Å². The Kier molecular flexibility index (Phi) is 4.72. The molecular formula is C19H31NO2. The SMILES string of the molecule is CC(C)(C)C(=NO)c1cc(C(C)(C)C)c(O)c(C(C)(C)C)c1. The summed E-state index contributed by atoms with van der Waals surface area (Å²) in [6, 6.07) is 3.90. The summed E-state index contributed by atoms with van der Waals surface area (Å²) < 4.78 is 0. The van der Waals surface area contributed by atoms with Crippen molar-refractivity contribution in [2.75, 3.05) is 0 Å². The quantitative estimate of drug-likeness (QED) is 0.425. The molecule has 0 fully saturated rings. The Bertz CT molecular complexity index is 544. The van der Waals surface area contributed by atoms with Crippen LogP contribution in [0.15, 0.2) is 17.3 Å². The van der Waals surface area contributed by atoms with Crippen molar-refractivity contribution in [3.8, 4) is 5.75 Å². The minimum absolute atomic E-state index is 0.196. The van der Waals surface area contributed by atoms with Crippen molar-refractivity contribution in [2.24, 2.45) is 10.6 Å². The van der Waals surface area contributed by atoms with E-state index in [0.29, 0.717) is 11.5 Å². The van der Waals surface area contributed by atoms with E-state index in [4.69, 9.17) is 0 Å². The van der Waals surface area contributed by atoms with E-state index in [2.05, 4.69) is 46.7 Å². The molecule has 3 heteroatoms. The molecule has 0 unspecified atom stereocenters. The lowest BCUT2D eigenvalue weighted by atomic mass is 9.76. The fraction of sp³-hybridized carbons (Fsp3) is 0.632. The van der Waals surface area contributed by atoms with E-state index in [1.165, 1.54) is 0 Å². The molecule has 3 nitrogen and oxygen atoms in total. The van der Waals surface area contributed by atoms with Crippen LogP contribution in [0.2, 0.25) is 0 Å². The number of hydrogen-bond donors (Lipinski definition) is 2. The summed E-state index contributed by atoms with van der Waals surface area (Å²) in [5.41, 5.74) is 2.57. The lowest BCUT2D eigenvalue weighted by Crippen LogP contribution is -2.24. The van der Waals surface area contributed by atoms with Crippen LogP contribution in [0.4, 0.5) is 0 Å². The van der Waals surface area contributed by atoms with Gasteiger partial charge in [0, 0.05) is 22.1 Å². The first kappa shape index (κ1) is 18.5. The van der Waals surface area contributed by atoms with Gasteiger partial charge in [0.05, 0.1) is 5.71 Å². The molecule has 2 N–H and O–H groups in total. The van der Waals surface area contributed by atoms with E-state index < -0.39 is 0 Å². The second-order valence-electron chi connectivity index (χ2n) is 9.12. The topological polar surface area (TPSA) is 52.8 Å². The Morgan fingerprint density at radius 1 is 0.818 bits per heavy atom. The number of hydrogen-bond acceptors (Lipinski definition) is 3. The highest BCUT2D eigenvalue weighted by molar-refractivity contribution is 6.04. The van der Waals surface area contributed by atoms with Crippen molar-refractivity contribution in [3.63, 3.8) is 0 Å². The fourth-order valence-electron chi connectivity index (χ4n) is 2.56. The monoisotopic (exact) mass is 305 g/mol. The molecule has 0 radical (unpaired) electrons. The molecule has 0 saturated heterocycles. The highest BCUT2D eigenvalue weighted by Gasteiger charge is 2.30. The van der Waals surface area contributed by atoms with Crippen molar-refractivity contribution in [1.29, 1.82) is 0 Å². The lowest BCUT2D eigenvalue weighted by Gasteiger charge is -2.30. The van der Waals surface area contributed by atoms with E-state index in [1.54, 1.807) is 0 Å². The number of phenolic OH excluding ortho intramolecular Hbond substituents is 1. The third kappa shape index (κ3) is 3.82. The fourth-order valence-corrected chi connectivity index (χ4v) is 2.56. The van der Waals surface area contributed by atoms with Gasteiger partial charge in [-0.15, -0.1) is 0 Å². The van der Waals surface area contributed by atoms with Gasteiger partial charge in [-0.05, 0) is 23.0 Å². The molecule has 124 valence electrons. The number of phenols is 1. The molecule has 0 bridgehead atoms. The molecule has 1 aromatic rings. The van der Waals surface area contributed by atoms with Crippen molar-refractivity contribution >= 4 is 5.71 Å². The molecule has 0 atom stereocenters. The van der Waals surface area contributed by atoms with E-state index in [-0.39, 0.29) is 16.2 Å². The first-order valence-electron chi connectivity index (χ1n) is 7.80. The predicted octanol–water partition coefficient (Wildman–Crippen LogP) is 5.21. The standard InChI is InChI=1S/C19H31NO2/c1-17(2,3)13-10-12(16(20-22)19(7,8)9)11-14(15(13)21)18(4,5)6/h10-11,21-22H,1-9H3. The summed E-state index contributed by atoms with van der Waals surface area (Å²) in [6.45, 7) is 18.5. The molecule has 0 spiro atoms. The summed E-state index contributed by atoms with van der Waals surface area (Å²) >= 11 is 0. The van der Waals surface area contributed by atoms with Gasteiger partial charge in [0.1, 0.15) is 5.75 Å². The maximum atomic E-state index is 10.7. The van der Waals surface area contributed by atoms with E-state index in [0.717, 1.165) is 16.7 Å². The largest absolute Gasteiger partial charge is 0.507 e. The summed E-state index contributed by atoms with van der Waals surface area (Å²) in [5.74, 6) is 0.343. The average Bonchev–Trinajstić information content (AvgIpc) is 2.26. The summed E-state index contributed by atoms with van der Waals surface area (Å²) in [5, 5.41) is 23.8. The van der Waals surface area contributed by atoms with Crippen molar-refractivity contribution < 1.29 is 10.3 Å². The van der Waals surface area contributed by atoms with Gasteiger partial charge in [-0.1, -0.05) is 67.5 Å². The zero-order valence-corrected chi connectivity index (χ0v) is 15.5. The number of nitrogens with zero attached hydrogens (tertiary/aromatic N) is 1. The zero-order chi connectivity index (χ0) is 17.5. The van der Waals surface area contributed by atoms with Crippen LogP contribution in [0.5, 0.6) is 5.75 Å². The van der Waals surface area contributed by atoms with Gasteiger partial charge in [-0.25, -0.2) is 0 Å². The van der Waals surface area contributed by atoms with Crippen LogP contribution >= 0.6 is 0 Å². The minimum atomic E-state index is -0.282. The van der Waals surface area contributed by atoms with Crippen LogP contribution in [0, 0.1) is 5.41 Å². The van der Waals surface area contributed by atoms with Crippen LogP contribution in [0.25, 0.3) is 0 Å². The molecule has 22 heavy (non-hydrogen) atoms. The number of aromatic hydroxyl groups is 1. The van der Waals surface area contributed by atoms with Gasteiger partial charge < -0.3 is 10.3 Å². The van der Waals surface area contributed by atoms with Crippen LogP contribution in [-0.4, -0.2) is 16.0 Å². The molecule has 0 aliphatic carbocycles. The first-order valence-corrected chi connectivity index (χ1v) is 7.80. The van der Waals surface area contributed by atoms with Crippen molar-refractivity contribution in [1.82, 2.24) is 0 Å². The van der Waals surface area contributed by atoms with Gasteiger partial charge >= 0.3 is 0 Å². The number of oxime groups is 1. The Balaban J connectivity index is 3.77. The van der Waals surface area contributed by atoms with E-state index >= 15 is 0 Å². The van der Waals surface area contributed by atoms with Crippen LogP contribution in [0.1, 0.15) is 79.0 Å². The summed E-state index contributed by atoms with van der Waals surface area (Å²) in [6.07, 6.45) is 0. The van der Waals surface area contributed by atoms with Gasteiger partial charge in [-0.2, -0.15) is 0 Å². The summed E-state index contributed by atoms with van der Waals surface area (Å²) in [7, 11) is 0. The molecule has 1 rings (SSSR count). The highest BCUT2D eigenvalue weighted by Crippen LogP contribution is 2.40. The third-order valence-corrected chi connectivity index (χ3v) is 3.81. The minimum Gasteiger partial charge on any atom is -0.507 e. The van der Waals surface area contributed by atoms with Crippen LogP contribution in [0.3, 0.4) is 0 Å². The first-order chi connectivity index (χ1) is 9.69. The average molecular weight is 305 g/mol. The molecule has 0 amide bonds. The molecule has 0 aliphatic heterocycles. The van der Waals surface area contributed by atoms with E-state index in [9.17, 15) is 10.3 Å². The number of rotatable bonds is 1. The number of benzene rings is 1. The van der Waals surface area contributed by atoms with Gasteiger partial charge in [-0.3, -0.25) is 0 Å². The van der Waals surface area contributed by atoms with Crippen LogP contribution in [-0.2, 0) is 10.8 Å². The molecule has 0 heterocycles. The Morgan fingerprint density at radius 2 is 1.18 bits per heavy atom. The zero-order valence-electron chi connectivity index (χ0n) is 15.5. The molecule has 0 saturated carbocycles. The lowest BCUT2D eigenvalue weighted by molar-refractivity contribution is 0.311. The van der Waals surface area contributed by atoms with E-state index in [1.807, 2.05) is 32.9 Å². The maximum absolute atomic E-state index is 10.7. The molecule has 0 aliphatic rings. The van der Waals surface area contributed by atoms with Crippen molar-refractivity contribution in [2.45, 2.75) is 73.1 Å². The second-order valence-corrected chi connectivity index (χ2v) is 9.12. The Morgan fingerprint density at radius 3 is 1.41 bits per heavy atom. The summed E-state index contributed by atoms with van der Waals surface area (Å²) in [4.78, 5) is 0. The van der Waals surface area contributed by atoms with Gasteiger partial charge in [0.2, 0.25) is 0 Å². The second kappa shape index (κ2) is 5.60. The predicted molar refractivity (Wildman–Crippen MR) is 93.3 cm³/mol. The maximum Gasteiger partial charge on any atom is 0.123 e. The highest BCUT2D eigenvalue weighted by atomic mass is 16.4. The van der Waals surface area contributed by atoms with Gasteiger partial charge in [0.25, 0.3) is 0 Å². The normalized spacial score (nSPS) is 14.3. The Hall–Kier alpha value is -1.51. The van der Waals surface area contributed by atoms with Gasteiger partial charge in [0.15, 0.2) is 0 Å². The molecular weight excluding hydrogens is 274 g/mol. The molecule has 0 aromatic heterocycles. The third-order valence-electron chi connectivity index (χ3n) is 3.81. The van der Waals surface area contributed by atoms with Crippen molar-refractivity contribution in [3.05, 3.63) is 28.8 Å². The smallest absolute Gasteiger partial charge is 0.123 e. The molecule has 1 aromatic carbocycles.